The summed E-state index contributed by atoms with van der Waals surface area (Å²) < 4.78 is 0. The highest BCUT2D eigenvalue weighted by atomic mass is 16.3. The van der Waals surface area contributed by atoms with E-state index in [1.165, 1.54) is 5.39 Å². The molecule has 2 atom stereocenters. The van der Waals surface area contributed by atoms with Crippen molar-refractivity contribution < 1.29 is 9.90 Å². The highest BCUT2D eigenvalue weighted by Gasteiger charge is 2.31. The van der Waals surface area contributed by atoms with E-state index in [1.54, 1.807) is 0 Å². The molecule has 3 nitrogen and oxygen atoms in total. The molecule has 0 aromatic heterocycles. The summed E-state index contributed by atoms with van der Waals surface area (Å²) in [4.78, 5) is 14.5. The van der Waals surface area contributed by atoms with Crippen molar-refractivity contribution in [2.24, 2.45) is 0 Å². The van der Waals surface area contributed by atoms with Crippen LogP contribution in [0.3, 0.4) is 0 Å². The molecule has 1 amide bonds. The summed E-state index contributed by atoms with van der Waals surface area (Å²) in [6.07, 6.45) is 1.90. The van der Waals surface area contributed by atoms with Crippen LogP contribution in [-0.4, -0.2) is 35.1 Å². The second kappa shape index (κ2) is 5.86. The first-order chi connectivity index (χ1) is 10.2. The Morgan fingerprint density at radius 3 is 2.81 bits per heavy atom. The van der Waals surface area contributed by atoms with Gasteiger partial charge in [0.2, 0.25) is 5.91 Å². The Balaban J connectivity index is 1.85. The SMILES string of the molecule is C[C@H](C(=O)N1CCC[C@@H]1CO)c1ccc2ccccc2c1. The number of nitrogens with zero attached hydrogens (tertiary/aromatic N) is 1. The maximum Gasteiger partial charge on any atom is 0.230 e. The zero-order valence-electron chi connectivity index (χ0n) is 12.3. The second-order valence-corrected chi connectivity index (χ2v) is 5.84. The van der Waals surface area contributed by atoms with Gasteiger partial charge >= 0.3 is 0 Å². The van der Waals surface area contributed by atoms with Crippen molar-refractivity contribution in [1.82, 2.24) is 4.90 Å². The largest absolute Gasteiger partial charge is 0.394 e. The maximum atomic E-state index is 12.7. The molecule has 1 heterocycles. The zero-order valence-corrected chi connectivity index (χ0v) is 12.3. The normalized spacial score (nSPS) is 19.9. The van der Waals surface area contributed by atoms with Gasteiger partial charge in [0.25, 0.3) is 0 Å². The Labute approximate surface area is 125 Å². The van der Waals surface area contributed by atoms with E-state index in [-0.39, 0.29) is 24.5 Å². The summed E-state index contributed by atoms with van der Waals surface area (Å²) in [5.41, 5.74) is 1.04. The van der Waals surface area contributed by atoms with Crippen molar-refractivity contribution in [2.45, 2.75) is 31.7 Å². The Morgan fingerprint density at radius 2 is 2.05 bits per heavy atom. The van der Waals surface area contributed by atoms with E-state index >= 15 is 0 Å². The molecule has 0 unspecified atom stereocenters. The number of amides is 1. The predicted molar refractivity (Wildman–Crippen MR) is 84.2 cm³/mol. The molecule has 21 heavy (non-hydrogen) atoms. The molecular weight excluding hydrogens is 262 g/mol. The molecule has 1 aliphatic heterocycles. The Kier molecular flexibility index (Phi) is 3.93. The van der Waals surface area contributed by atoms with Crippen LogP contribution < -0.4 is 0 Å². The van der Waals surface area contributed by atoms with Crippen molar-refractivity contribution in [3.63, 3.8) is 0 Å². The number of hydrogen-bond donors (Lipinski definition) is 1. The van der Waals surface area contributed by atoms with E-state index in [0.717, 1.165) is 30.3 Å². The molecule has 1 aliphatic rings. The molecule has 2 aromatic carbocycles. The van der Waals surface area contributed by atoms with Gasteiger partial charge in [-0.05, 0) is 36.1 Å². The van der Waals surface area contributed by atoms with Gasteiger partial charge < -0.3 is 10.0 Å². The van der Waals surface area contributed by atoms with Gasteiger partial charge in [-0.25, -0.2) is 0 Å². The molecule has 3 rings (SSSR count). The first kappa shape index (κ1) is 14.1. The van der Waals surface area contributed by atoms with Crippen molar-refractivity contribution in [1.29, 1.82) is 0 Å². The van der Waals surface area contributed by atoms with Crippen molar-refractivity contribution in [3.8, 4) is 0 Å². The number of carbonyl (C=O) groups excluding carboxylic acids is 1. The summed E-state index contributed by atoms with van der Waals surface area (Å²) in [7, 11) is 0. The summed E-state index contributed by atoms with van der Waals surface area (Å²) in [5, 5.41) is 11.7. The van der Waals surface area contributed by atoms with Crippen LogP contribution in [0.2, 0.25) is 0 Å². The third-order valence-corrected chi connectivity index (χ3v) is 4.51. The van der Waals surface area contributed by atoms with Crippen LogP contribution in [0.1, 0.15) is 31.2 Å². The van der Waals surface area contributed by atoms with Crippen LogP contribution in [0.5, 0.6) is 0 Å². The van der Waals surface area contributed by atoms with Crippen LogP contribution in [0, 0.1) is 0 Å². The van der Waals surface area contributed by atoms with Gasteiger partial charge in [0.15, 0.2) is 0 Å². The van der Waals surface area contributed by atoms with E-state index in [2.05, 4.69) is 24.3 Å². The van der Waals surface area contributed by atoms with Crippen molar-refractivity contribution in [3.05, 3.63) is 48.0 Å². The Morgan fingerprint density at radius 1 is 1.29 bits per heavy atom. The van der Waals surface area contributed by atoms with Gasteiger partial charge in [0.05, 0.1) is 18.6 Å². The van der Waals surface area contributed by atoms with Gasteiger partial charge in [-0.1, -0.05) is 42.5 Å². The number of carbonyl (C=O) groups is 1. The fourth-order valence-corrected chi connectivity index (χ4v) is 3.18. The lowest BCUT2D eigenvalue weighted by molar-refractivity contribution is -0.133. The molecule has 1 saturated heterocycles. The second-order valence-electron chi connectivity index (χ2n) is 5.84. The van der Waals surface area contributed by atoms with E-state index in [4.69, 9.17) is 0 Å². The molecule has 1 N–H and O–H groups in total. The third kappa shape index (κ3) is 2.66. The predicted octanol–water partition coefficient (Wildman–Crippen LogP) is 2.93. The lowest BCUT2D eigenvalue weighted by atomic mass is 9.96. The number of fused-ring (bicyclic) bond motifs is 1. The van der Waals surface area contributed by atoms with Crippen molar-refractivity contribution in [2.75, 3.05) is 13.2 Å². The van der Waals surface area contributed by atoms with E-state index in [1.807, 2.05) is 30.0 Å². The average molecular weight is 283 g/mol. The first-order valence-electron chi connectivity index (χ1n) is 7.60. The average Bonchev–Trinajstić information content (AvgIpc) is 3.01. The molecular formula is C18H21NO2. The molecule has 2 aromatic rings. The van der Waals surface area contributed by atoms with Crippen LogP contribution in [-0.2, 0) is 4.79 Å². The fraction of sp³-hybridized carbons (Fsp3) is 0.389. The Bertz CT molecular complexity index is 652. The van der Waals surface area contributed by atoms with Gasteiger partial charge in [-0.15, -0.1) is 0 Å². The fourth-order valence-electron chi connectivity index (χ4n) is 3.18. The summed E-state index contributed by atoms with van der Waals surface area (Å²) in [6.45, 7) is 2.79. The van der Waals surface area contributed by atoms with Crippen molar-refractivity contribution >= 4 is 16.7 Å². The van der Waals surface area contributed by atoms with E-state index in [0.29, 0.717) is 0 Å². The van der Waals surface area contributed by atoms with Crippen LogP contribution in [0.15, 0.2) is 42.5 Å². The van der Waals surface area contributed by atoms with Crippen LogP contribution in [0.25, 0.3) is 10.8 Å². The minimum absolute atomic E-state index is 0.000376. The molecule has 0 spiro atoms. The number of hydrogen-bond acceptors (Lipinski definition) is 2. The highest BCUT2D eigenvalue weighted by molar-refractivity contribution is 5.88. The maximum absolute atomic E-state index is 12.7. The minimum Gasteiger partial charge on any atom is -0.394 e. The van der Waals surface area contributed by atoms with E-state index in [9.17, 15) is 9.90 Å². The topological polar surface area (TPSA) is 40.5 Å². The number of likely N-dealkylation sites (tertiary alicyclic amines) is 1. The smallest absolute Gasteiger partial charge is 0.230 e. The monoisotopic (exact) mass is 283 g/mol. The molecule has 3 heteroatoms. The number of aliphatic hydroxyl groups excluding tert-OH is 1. The number of aliphatic hydroxyl groups is 1. The molecule has 110 valence electrons. The summed E-state index contributed by atoms with van der Waals surface area (Å²) in [5.74, 6) is -0.0383. The van der Waals surface area contributed by atoms with Crippen LogP contribution in [0.4, 0.5) is 0 Å². The lowest BCUT2D eigenvalue weighted by Gasteiger charge is -2.26. The lowest BCUT2D eigenvalue weighted by Crippen LogP contribution is -2.39. The molecule has 0 bridgehead atoms. The summed E-state index contributed by atoms with van der Waals surface area (Å²) >= 11 is 0. The molecule has 0 aliphatic carbocycles. The van der Waals surface area contributed by atoms with E-state index < -0.39 is 0 Å². The van der Waals surface area contributed by atoms with Gasteiger partial charge in [0, 0.05) is 6.54 Å². The third-order valence-electron chi connectivity index (χ3n) is 4.51. The summed E-state index contributed by atoms with van der Waals surface area (Å²) in [6, 6.07) is 14.4. The zero-order chi connectivity index (χ0) is 14.8. The first-order valence-corrected chi connectivity index (χ1v) is 7.60. The van der Waals surface area contributed by atoms with Gasteiger partial charge in [-0.3, -0.25) is 4.79 Å². The number of benzene rings is 2. The Hall–Kier alpha value is -1.87. The minimum atomic E-state index is -0.165. The van der Waals surface area contributed by atoms with Gasteiger partial charge in [-0.2, -0.15) is 0 Å². The standard InChI is InChI=1S/C18H21NO2/c1-13(18(21)19-10-4-7-17(19)12-20)15-9-8-14-5-2-3-6-16(14)11-15/h2-3,5-6,8-9,11,13,17,20H,4,7,10,12H2,1H3/t13-,17+/m0/s1. The number of rotatable bonds is 3. The van der Waals surface area contributed by atoms with Crippen LogP contribution >= 0.6 is 0 Å². The molecule has 0 radical (unpaired) electrons. The van der Waals surface area contributed by atoms with Gasteiger partial charge in [0.1, 0.15) is 0 Å². The molecule has 0 saturated carbocycles. The highest BCUT2D eigenvalue weighted by Crippen LogP contribution is 2.26. The molecule has 1 fully saturated rings. The quantitative estimate of drug-likeness (QED) is 0.941.